The molecule has 2 unspecified atom stereocenters. The first-order valence-corrected chi connectivity index (χ1v) is 13.1. The van der Waals surface area contributed by atoms with Crippen LogP contribution >= 0.6 is 0 Å². The molecular formula is C28H47N3O4. The first kappa shape index (κ1) is 30.5. The zero-order chi connectivity index (χ0) is 26.4. The van der Waals surface area contributed by atoms with Gasteiger partial charge in [-0.1, -0.05) is 75.8 Å². The number of carbonyl (C=O) groups is 3. The van der Waals surface area contributed by atoms with E-state index in [9.17, 15) is 14.4 Å². The highest BCUT2D eigenvalue weighted by Crippen LogP contribution is 2.24. The van der Waals surface area contributed by atoms with Gasteiger partial charge >= 0.3 is 6.09 Å². The number of carbonyl (C=O) groups excluding carboxylic acids is 3. The van der Waals surface area contributed by atoms with Gasteiger partial charge in [0.05, 0.1) is 0 Å². The molecule has 0 aliphatic heterocycles. The molecule has 0 spiro atoms. The Kier molecular flexibility index (Phi) is 13.4. The lowest BCUT2D eigenvalue weighted by Crippen LogP contribution is -2.52. The van der Waals surface area contributed by atoms with Gasteiger partial charge in [-0.3, -0.25) is 9.59 Å². The third kappa shape index (κ3) is 11.6. The van der Waals surface area contributed by atoms with Crippen molar-refractivity contribution in [2.24, 2.45) is 0 Å². The molecule has 7 nitrogen and oxygen atoms in total. The average molecular weight is 490 g/mol. The lowest BCUT2D eigenvalue weighted by Gasteiger charge is -2.34. The Morgan fingerprint density at radius 3 is 2.26 bits per heavy atom. The molecule has 0 fully saturated rings. The molecule has 2 N–H and O–H groups in total. The SMILES string of the molecule is CCCCCCN(C(=O)C(C)NC(=O)OC(C)(C)C)C(C(=O)NCCCCC)c1cccc(C)c1. The van der Waals surface area contributed by atoms with Crippen molar-refractivity contribution in [2.45, 2.75) is 111 Å². The van der Waals surface area contributed by atoms with Gasteiger partial charge in [-0.2, -0.15) is 0 Å². The number of rotatable bonds is 14. The smallest absolute Gasteiger partial charge is 0.408 e. The Bertz CT molecular complexity index is 804. The van der Waals surface area contributed by atoms with Crippen molar-refractivity contribution in [1.82, 2.24) is 15.5 Å². The number of amides is 3. The summed E-state index contributed by atoms with van der Waals surface area (Å²) in [5.74, 6) is -0.498. The first-order chi connectivity index (χ1) is 16.5. The van der Waals surface area contributed by atoms with Crippen LogP contribution in [0.4, 0.5) is 4.79 Å². The standard InChI is InChI=1S/C28H47N3O4/c1-8-10-12-14-19-31(26(33)22(4)30-27(34)35-28(5,6)7)24(23-17-15-16-21(3)20-23)25(32)29-18-13-11-9-2/h15-17,20,22,24H,8-14,18-19H2,1-7H3,(H,29,32)(H,30,34). The van der Waals surface area contributed by atoms with Crippen molar-refractivity contribution in [3.8, 4) is 0 Å². The zero-order valence-corrected chi connectivity index (χ0v) is 22.9. The second-order valence-electron chi connectivity index (χ2n) is 10.3. The van der Waals surface area contributed by atoms with Gasteiger partial charge in [0.25, 0.3) is 0 Å². The summed E-state index contributed by atoms with van der Waals surface area (Å²) in [4.78, 5) is 41.1. The van der Waals surface area contributed by atoms with Crippen molar-refractivity contribution in [1.29, 1.82) is 0 Å². The topological polar surface area (TPSA) is 87.7 Å². The molecule has 1 aromatic carbocycles. The van der Waals surface area contributed by atoms with Crippen molar-refractivity contribution in [3.63, 3.8) is 0 Å². The highest BCUT2D eigenvalue weighted by Gasteiger charge is 2.34. The minimum absolute atomic E-state index is 0.194. The minimum atomic E-state index is -0.837. The van der Waals surface area contributed by atoms with E-state index in [2.05, 4.69) is 24.5 Å². The molecule has 35 heavy (non-hydrogen) atoms. The first-order valence-electron chi connectivity index (χ1n) is 13.1. The van der Waals surface area contributed by atoms with Gasteiger partial charge in [-0.25, -0.2) is 4.79 Å². The largest absolute Gasteiger partial charge is 0.444 e. The summed E-state index contributed by atoms with van der Waals surface area (Å²) in [6.45, 7) is 14.2. The molecule has 0 aliphatic carbocycles. The van der Waals surface area contributed by atoms with Crippen LogP contribution in [-0.2, 0) is 14.3 Å². The van der Waals surface area contributed by atoms with Crippen molar-refractivity contribution in [2.75, 3.05) is 13.1 Å². The average Bonchev–Trinajstić information content (AvgIpc) is 2.76. The second-order valence-corrected chi connectivity index (χ2v) is 10.3. The summed E-state index contributed by atoms with van der Waals surface area (Å²) in [7, 11) is 0. The van der Waals surface area contributed by atoms with E-state index in [1.54, 1.807) is 32.6 Å². The molecular weight excluding hydrogens is 442 g/mol. The van der Waals surface area contributed by atoms with Crippen LogP contribution in [0, 0.1) is 6.92 Å². The Balaban J connectivity index is 3.23. The van der Waals surface area contributed by atoms with Gasteiger partial charge in [-0.05, 0) is 53.0 Å². The predicted molar refractivity (Wildman–Crippen MR) is 141 cm³/mol. The van der Waals surface area contributed by atoms with Gasteiger partial charge in [0.1, 0.15) is 17.7 Å². The summed E-state index contributed by atoms with van der Waals surface area (Å²) in [6, 6.07) is 6.12. The lowest BCUT2D eigenvalue weighted by molar-refractivity contribution is -0.142. The van der Waals surface area contributed by atoms with Crippen LogP contribution in [0.5, 0.6) is 0 Å². The van der Waals surface area contributed by atoms with Gasteiger partial charge < -0.3 is 20.3 Å². The summed E-state index contributed by atoms with van der Waals surface area (Å²) >= 11 is 0. The molecule has 0 saturated heterocycles. The number of hydrogen-bond acceptors (Lipinski definition) is 4. The molecule has 0 bridgehead atoms. The van der Waals surface area contributed by atoms with Crippen LogP contribution in [0.2, 0.25) is 0 Å². The van der Waals surface area contributed by atoms with Gasteiger partial charge in [0.15, 0.2) is 0 Å². The van der Waals surface area contributed by atoms with E-state index in [1.807, 2.05) is 31.2 Å². The van der Waals surface area contributed by atoms with Crippen LogP contribution in [0.15, 0.2) is 24.3 Å². The summed E-state index contributed by atoms with van der Waals surface area (Å²) in [5, 5.41) is 5.69. The maximum atomic E-state index is 13.7. The number of alkyl carbamates (subject to hydrolysis) is 1. The fourth-order valence-corrected chi connectivity index (χ4v) is 3.87. The third-order valence-electron chi connectivity index (χ3n) is 5.64. The number of unbranched alkanes of at least 4 members (excludes halogenated alkanes) is 5. The Morgan fingerprint density at radius 2 is 1.66 bits per heavy atom. The Labute approximate surface area is 212 Å². The van der Waals surface area contributed by atoms with E-state index >= 15 is 0 Å². The highest BCUT2D eigenvalue weighted by molar-refractivity contribution is 5.92. The van der Waals surface area contributed by atoms with Gasteiger partial charge in [-0.15, -0.1) is 0 Å². The predicted octanol–water partition coefficient (Wildman–Crippen LogP) is 5.66. The molecule has 3 amide bonds. The normalized spacial score (nSPS) is 13.0. The van der Waals surface area contributed by atoms with Crippen LogP contribution in [0.3, 0.4) is 0 Å². The monoisotopic (exact) mass is 489 g/mol. The van der Waals surface area contributed by atoms with Crippen LogP contribution in [0.25, 0.3) is 0 Å². The van der Waals surface area contributed by atoms with Crippen molar-refractivity contribution < 1.29 is 19.1 Å². The summed E-state index contributed by atoms with van der Waals surface area (Å²) in [5.41, 5.74) is 1.12. The fraction of sp³-hybridized carbons (Fsp3) is 0.679. The van der Waals surface area contributed by atoms with E-state index in [1.165, 1.54) is 0 Å². The molecule has 0 aromatic heterocycles. The van der Waals surface area contributed by atoms with E-state index in [-0.39, 0.29) is 11.8 Å². The number of hydrogen-bond donors (Lipinski definition) is 2. The zero-order valence-electron chi connectivity index (χ0n) is 22.9. The highest BCUT2D eigenvalue weighted by atomic mass is 16.6. The summed E-state index contributed by atoms with van der Waals surface area (Å²) in [6.07, 6.45) is 6.22. The van der Waals surface area contributed by atoms with Crippen molar-refractivity contribution in [3.05, 3.63) is 35.4 Å². The number of ether oxygens (including phenoxy) is 1. The molecule has 198 valence electrons. The van der Waals surface area contributed by atoms with Crippen LogP contribution in [-0.4, -0.2) is 47.5 Å². The Morgan fingerprint density at radius 1 is 1.00 bits per heavy atom. The van der Waals surface area contributed by atoms with Crippen LogP contribution in [0.1, 0.15) is 104 Å². The molecule has 7 heteroatoms. The molecule has 0 radical (unpaired) electrons. The molecule has 0 heterocycles. The summed E-state index contributed by atoms with van der Waals surface area (Å²) < 4.78 is 5.34. The second kappa shape index (κ2) is 15.4. The van der Waals surface area contributed by atoms with Crippen molar-refractivity contribution >= 4 is 17.9 Å². The Hall–Kier alpha value is -2.57. The number of nitrogens with zero attached hydrogens (tertiary/aromatic N) is 1. The van der Waals surface area contributed by atoms with E-state index in [0.717, 1.165) is 56.1 Å². The quantitative estimate of drug-likeness (QED) is 0.330. The lowest BCUT2D eigenvalue weighted by atomic mass is 10.00. The molecule has 0 aliphatic rings. The molecule has 2 atom stereocenters. The minimum Gasteiger partial charge on any atom is -0.444 e. The van der Waals surface area contributed by atoms with E-state index in [4.69, 9.17) is 4.74 Å². The van der Waals surface area contributed by atoms with Gasteiger partial charge in [0, 0.05) is 13.1 Å². The number of benzene rings is 1. The van der Waals surface area contributed by atoms with Crippen LogP contribution < -0.4 is 10.6 Å². The van der Waals surface area contributed by atoms with E-state index in [0.29, 0.717) is 13.1 Å². The molecule has 0 saturated carbocycles. The number of aryl methyl sites for hydroxylation is 1. The number of nitrogens with one attached hydrogen (secondary N) is 2. The molecule has 1 rings (SSSR count). The third-order valence-corrected chi connectivity index (χ3v) is 5.64. The maximum absolute atomic E-state index is 13.7. The fourth-order valence-electron chi connectivity index (χ4n) is 3.87. The molecule has 1 aromatic rings. The van der Waals surface area contributed by atoms with Gasteiger partial charge in [0.2, 0.25) is 11.8 Å². The van der Waals surface area contributed by atoms with E-state index < -0.39 is 23.8 Å². The maximum Gasteiger partial charge on any atom is 0.408 e.